The molecule has 6 heteroatoms. The molecule has 1 rings (SSSR count). The summed E-state index contributed by atoms with van der Waals surface area (Å²) in [5.41, 5.74) is 0. The summed E-state index contributed by atoms with van der Waals surface area (Å²) in [7, 11) is 0. The zero-order valence-corrected chi connectivity index (χ0v) is 9.92. The van der Waals surface area contributed by atoms with E-state index in [0.29, 0.717) is 12.8 Å². The van der Waals surface area contributed by atoms with Crippen LogP contribution in [0.25, 0.3) is 0 Å². The quantitative estimate of drug-likeness (QED) is 0.636. The Morgan fingerprint density at radius 3 is 2.11 bits per heavy atom. The fraction of sp³-hybridized carbons (Fsp3) is 0.500. The number of carboxylic acid groups (broad SMARTS) is 1. The summed E-state index contributed by atoms with van der Waals surface area (Å²) >= 11 is 0. The summed E-state index contributed by atoms with van der Waals surface area (Å²) in [6.45, 7) is 0.231. The molecule has 1 N–H and O–H groups in total. The summed E-state index contributed by atoms with van der Waals surface area (Å²) in [6, 6.07) is 0. The number of rotatable bonds is 8. The Labute approximate surface area is 104 Å². The number of Topliss-reactive ketones (excluding diaryl/α,β-unsaturated/α-hetero) is 1. The molecule has 0 fully saturated rings. The van der Waals surface area contributed by atoms with Crippen LogP contribution in [0.2, 0.25) is 0 Å². The number of hydrogen-bond donors (Lipinski definition) is 1. The van der Waals surface area contributed by atoms with Gasteiger partial charge in [0.15, 0.2) is 0 Å². The molecule has 0 aromatic carbocycles. The van der Waals surface area contributed by atoms with E-state index in [1.54, 1.807) is 0 Å². The lowest BCUT2D eigenvalue weighted by Crippen LogP contribution is -2.31. The van der Waals surface area contributed by atoms with Crippen LogP contribution in [0.15, 0.2) is 12.2 Å². The van der Waals surface area contributed by atoms with Crippen LogP contribution in [-0.2, 0) is 19.2 Å². The van der Waals surface area contributed by atoms with Crippen LogP contribution in [0.4, 0.5) is 0 Å². The fourth-order valence-electron chi connectivity index (χ4n) is 1.65. The molecule has 2 amide bonds. The molecule has 0 spiro atoms. The molecule has 0 aliphatic carbocycles. The minimum absolute atomic E-state index is 0.0151. The Balaban J connectivity index is 2.14. The molecule has 0 atom stereocenters. The number of aliphatic carboxylic acids is 1. The first-order valence-electron chi connectivity index (χ1n) is 5.77. The van der Waals surface area contributed by atoms with E-state index in [-0.39, 0.29) is 43.4 Å². The molecule has 18 heavy (non-hydrogen) atoms. The van der Waals surface area contributed by atoms with E-state index >= 15 is 0 Å². The molecule has 0 aromatic rings. The molecule has 0 unspecified atom stereocenters. The third-order valence-electron chi connectivity index (χ3n) is 2.58. The summed E-state index contributed by atoms with van der Waals surface area (Å²) < 4.78 is 0. The highest BCUT2D eigenvalue weighted by Crippen LogP contribution is 2.07. The van der Waals surface area contributed by atoms with Gasteiger partial charge in [0.05, 0.1) is 0 Å². The van der Waals surface area contributed by atoms with Crippen molar-refractivity contribution >= 4 is 23.6 Å². The van der Waals surface area contributed by atoms with Crippen molar-refractivity contribution in [2.24, 2.45) is 0 Å². The Morgan fingerprint density at radius 1 is 1.00 bits per heavy atom. The molecule has 0 aromatic heterocycles. The van der Waals surface area contributed by atoms with E-state index in [2.05, 4.69) is 0 Å². The summed E-state index contributed by atoms with van der Waals surface area (Å²) in [6.07, 6.45) is 3.64. The molecule has 98 valence electrons. The van der Waals surface area contributed by atoms with Crippen molar-refractivity contribution < 1.29 is 24.3 Å². The standard InChI is InChI=1S/C12H15NO5/c14-9(3-1-5-12(17)18)4-2-8-13-10(15)6-7-11(13)16/h6-7H,1-5,8H2,(H,17,18). The van der Waals surface area contributed by atoms with Crippen molar-refractivity contribution in [3.05, 3.63) is 12.2 Å². The summed E-state index contributed by atoms with van der Waals surface area (Å²) in [5.74, 6) is -1.65. The largest absolute Gasteiger partial charge is 0.481 e. The van der Waals surface area contributed by atoms with Crippen LogP contribution in [0, 0.1) is 0 Å². The van der Waals surface area contributed by atoms with Crippen LogP contribution in [-0.4, -0.2) is 40.1 Å². The summed E-state index contributed by atoms with van der Waals surface area (Å²) in [5, 5.41) is 8.40. The fourth-order valence-corrected chi connectivity index (χ4v) is 1.65. The van der Waals surface area contributed by atoms with Gasteiger partial charge in [0.1, 0.15) is 5.78 Å². The number of carboxylic acids is 1. The van der Waals surface area contributed by atoms with Gasteiger partial charge in [-0.05, 0) is 12.8 Å². The number of carbonyl (C=O) groups excluding carboxylic acids is 3. The van der Waals surface area contributed by atoms with Gasteiger partial charge in [0.25, 0.3) is 11.8 Å². The van der Waals surface area contributed by atoms with Crippen molar-refractivity contribution in [1.29, 1.82) is 0 Å². The molecule has 0 bridgehead atoms. The van der Waals surface area contributed by atoms with Crippen molar-refractivity contribution in [2.45, 2.75) is 32.1 Å². The Hall–Kier alpha value is -1.98. The molecule has 6 nitrogen and oxygen atoms in total. The molecule has 0 radical (unpaired) electrons. The lowest BCUT2D eigenvalue weighted by Gasteiger charge is -2.12. The van der Waals surface area contributed by atoms with Crippen molar-refractivity contribution in [3.63, 3.8) is 0 Å². The second-order valence-corrected chi connectivity index (χ2v) is 4.05. The molecular formula is C12H15NO5. The second kappa shape index (κ2) is 6.68. The maximum Gasteiger partial charge on any atom is 0.303 e. The highest BCUT2D eigenvalue weighted by Gasteiger charge is 2.22. The molecule has 1 heterocycles. The first-order valence-corrected chi connectivity index (χ1v) is 5.77. The van der Waals surface area contributed by atoms with Crippen LogP contribution in [0.1, 0.15) is 32.1 Å². The molecule has 1 aliphatic rings. The predicted molar refractivity (Wildman–Crippen MR) is 61.6 cm³/mol. The second-order valence-electron chi connectivity index (χ2n) is 4.05. The van der Waals surface area contributed by atoms with Gasteiger partial charge < -0.3 is 5.11 Å². The van der Waals surface area contributed by atoms with E-state index in [0.717, 1.165) is 4.90 Å². The number of imide groups is 1. The van der Waals surface area contributed by atoms with Crippen LogP contribution >= 0.6 is 0 Å². The van der Waals surface area contributed by atoms with E-state index in [9.17, 15) is 19.2 Å². The number of hydrogen-bond acceptors (Lipinski definition) is 4. The average molecular weight is 253 g/mol. The topological polar surface area (TPSA) is 91.8 Å². The minimum Gasteiger partial charge on any atom is -0.481 e. The Kier molecular flexibility index (Phi) is 5.23. The van der Waals surface area contributed by atoms with E-state index in [1.165, 1.54) is 12.2 Å². The Morgan fingerprint density at radius 2 is 1.56 bits per heavy atom. The van der Waals surface area contributed by atoms with Crippen LogP contribution < -0.4 is 0 Å². The van der Waals surface area contributed by atoms with Gasteiger partial charge in [-0.15, -0.1) is 0 Å². The van der Waals surface area contributed by atoms with Crippen LogP contribution in [0.3, 0.4) is 0 Å². The van der Waals surface area contributed by atoms with E-state index in [1.807, 2.05) is 0 Å². The number of nitrogens with zero attached hydrogens (tertiary/aromatic N) is 1. The number of ketones is 1. The minimum atomic E-state index is -0.915. The highest BCUT2D eigenvalue weighted by atomic mass is 16.4. The lowest BCUT2D eigenvalue weighted by atomic mass is 10.1. The van der Waals surface area contributed by atoms with Crippen molar-refractivity contribution in [3.8, 4) is 0 Å². The van der Waals surface area contributed by atoms with Gasteiger partial charge in [-0.1, -0.05) is 0 Å². The third kappa shape index (κ3) is 4.48. The van der Waals surface area contributed by atoms with Crippen LogP contribution in [0.5, 0.6) is 0 Å². The average Bonchev–Trinajstić information content (AvgIpc) is 2.60. The van der Waals surface area contributed by atoms with E-state index < -0.39 is 5.97 Å². The Bertz CT molecular complexity index is 381. The lowest BCUT2D eigenvalue weighted by molar-refractivity contribution is -0.138. The smallest absolute Gasteiger partial charge is 0.303 e. The number of carbonyl (C=O) groups is 4. The first-order chi connectivity index (χ1) is 8.50. The number of amides is 2. The zero-order chi connectivity index (χ0) is 13.5. The van der Waals surface area contributed by atoms with Gasteiger partial charge in [0, 0.05) is 38.0 Å². The molecule has 0 saturated carbocycles. The predicted octanol–water partition coefficient (Wildman–Crippen LogP) is 0.516. The first kappa shape index (κ1) is 14.1. The zero-order valence-electron chi connectivity index (χ0n) is 9.92. The maximum atomic E-state index is 11.4. The summed E-state index contributed by atoms with van der Waals surface area (Å²) in [4.78, 5) is 45.0. The van der Waals surface area contributed by atoms with Crippen molar-refractivity contribution in [1.82, 2.24) is 4.90 Å². The van der Waals surface area contributed by atoms with Gasteiger partial charge in [-0.25, -0.2) is 0 Å². The molecular weight excluding hydrogens is 238 g/mol. The van der Waals surface area contributed by atoms with Gasteiger partial charge in [0.2, 0.25) is 0 Å². The third-order valence-corrected chi connectivity index (χ3v) is 2.58. The van der Waals surface area contributed by atoms with Gasteiger partial charge >= 0.3 is 5.97 Å². The van der Waals surface area contributed by atoms with Gasteiger partial charge in [-0.2, -0.15) is 0 Å². The maximum absolute atomic E-state index is 11.4. The highest BCUT2D eigenvalue weighted by molar-refractivity contribution is 6.12. The monoisotopic (exact) mass is 253 g/mol. The van der Waals surface area contributed by atoms with E-state index in [4.69, 9.17) is 5.11 Å². The molecule has 0 saturated heterocycles. The SMILES string of the molecule is O=C(O)CCCC(=O)CCCN1C(=O)C=CC1=O. The molecule has 1 aliphatic heterocycles. The normalized spacial score (nSPS) is 14.3. The van der Waals surface area contributed by atoms with Crippen molar-refractivity contribution in [2.75, 3.05) is 6.54 Å². The van der Waals surface area contributed by atoms with Gasteiger partial charge in [-0.3, -0.25) is 24.1 Å².